The van der Waals surface area contributed by atoms with Crippen molar-refractivity contribution < 1.29 is 35.9 Å². The molecule has 12 nitrogen and oxygen atoms in total. The van der Waals surface area contributed by atoms with Crippen LogP contribution in [0.2, 0.25) is 15.1 Å². The maximum Gasteiger partial charge on any atom is 0.281 e. The molecule has 2 amide bonds. The van der Waals surface area contributed by atoms with Crippen molar-refractivity contribution in [1.82, 2.24) is 19.4 Å². The number of carbonyl (C=O) groups excluding carboxylic acids is 2. The van der Waals surface area contributed by atoms with Gasteiger partial charge in [0.25, 0.3) is 21.8 Å². The molecule has 0 aliphatic carbocycles. The minimum absolute atomic E-state index is 0.0905. The summed E-state index contributed by atoms with van der Waals surface area (Å²) in [5.41, 5.74) is 4.37. The van der Waals surface area contributed by atoms with Gasteiger partial charge in [0.05, 0.1) is 24.4 Å². The van der Waals surface area contributed by atoms with Crippen LogP contribution in [0.15, 0.2) is 89.8 Å². The van der Waals surface area contributed by atoms with Crippen LogP contribution in [0.4, 0.5) is 0 Å². The molecule has 5 aromatic carbocycles. The molecule has 0 spiro atoms. The van der Waals surface area contributed by atoms with Gasteiger partial charge in [0.15, 0.2) is 0 Å². The molecular formula is C43H39Cl3N4O8S2. The molecule has 0 saturated carbocycles. The normalized spacial score (nSPS) is 12.0. The summed E-state index contributed by atoms with van der Waals surface area (Å²) in [4.78, 5) is 32.8. The zero-order valence-corrected chi connectivity index (χ0v) is 36.4. The Morgan fingerprint density at radius 2 is 1.15 bits per heavy atom. The van der Waals surface area contributed by atoms with Crippen LogP contribution in [-0.4, -0.2) is 58.1 Å². The summed E-state index contributed by atoms with van der Waals surface area (Å²) >= 11 is 18.9. The lowest BCUT2D eigenvalue weighted by molar-refractivity contribution is 0.0967. The first-order valence-electron chi connectivity index (χ1n) is 18.7. The average Bonchev–Trinajstić information content (AvgIpc) is 3.73. The summed E-state index contributed by atoms with van der Waals surface area (Å²) in [6.07, 6.45) is 2.50. The quantitative estimate of drug-likeness (QED) is 0.0736. The Hall–Kier alpha value is -5.25. The molecule has 4 N–H and O–H groups in total. The van der Waals surface area contributed by atoms with E-state index in [9.17, 15) is 26.4 Å². The second kappa shape index (κ2) is 17.4. The molecule has 0 atom stereocenters. The Kier molecular flexibility index (Phi) is 12.4. The Labute approximate surface area is 361 Å². The Morgan fingerprint density at radius 3 is 1.70 bits per heavy atom. The molecule has 0 radical (unpaired) electrons. The van der Waals surface area contributed by atoms with Crippen molar-refractivity contribution in [3.8, 4) is 11.5 Å². The number of sulfonamides is 2. The van der Waals surface area contributed by atoms with Gasteiger partial charge in [0.2, 0.25) is 10.0 Å². The number of aromatic nitrogens is 2. The number of amides is 2. The first kappa shape index (κ1) is 42.9. The van der Waals surface area contributed by atoms with E-state index in [0.717, 1.165) is 17.4 Å². The predicted molar refractivity (Wildman–Crippen MR) is 236 cm³/mol. The molecule has 0 saturated heterocycles. The van der Waals surface area contributed by atoms with Gasteiger partial charge < -0.3 is 19.4 Å². The molecule has 2 heterocycles. The van der Waals surface area contributed by atoms with Gasteiger partial charge in [-0.15, -0.1) is 0 Å². The number of halogens is 3. The van der Waals surface area contributed by atoms with E-state index in [1.54, 1.807) is 60.7 Å². The summed E-state index contributed by atoms with van der Waals surface area (Å²) in [5.74, 6) is -0.567. The molecule has 0 bridgehead atoms. The smallest absolute Gasteiger partial charge is 0.281 e. The summed E-state index contributed by atoms with van der Waals surface area (Å²) < 4.78 is 68.1. The van der Waals surface area contributed by atoms with Crippen LogP contribution in [0.3, 0.4) is 0 Å². The van der Waals surface area contributed by atoms with Gasteiger partial charge in [0.1, 0.15) is 22.9 Å². The third-order valence-electron chi connectivity index (χ3n) is 9.91. The number of ether oxygens (including phenoxy) is 2. The minimum atomic E-state index is -4.42. The SMILES string of the molecule is Cc1cc(OCCCc2c(C(=O)NS(=O)(=O)c3ccc(OCCCc4c(C(=O)NS(C)(=O)=O)[nH]c5ccc(Cl)cc45)c4ccccc34)[nH]c3ccc(Cl)cc23)cc(C)c1Cl. The highest BCUT2D eigenvalue weighted by molar-refractivity contribution is 7.90. The highest BCUT2D eigenvalue weighted by atomic mass is 35.5. The highest BCUT2D eigenvalue weighted by Crippen LogP contribution is 2.33. The Bertz CT molecular complexity index is 3030. The summed E-state index contributed by atoms with van der Waals surface area (Å²) in [6.45, 7) is 4.29. The number of hydrogen-bond donors (Lipinski definition) is 4. The molecule has 312 valence electrons. The highest BCUT2D eigenvalue weighted by Gasteiger charge is 2.26. The van der Waals surface area contributed by atoms with E-state index in [0.29, 0.717) is 103 Å². The third-order valence-corrected chi connectivity index (χ3v) is 12.9. The number of aromatic amines is 2. The number of hydrogen-bond acceptors (Lipinski definition) is 8. The summed E-state index contributed by atoms with van der Waals surface area (Å²) in [5, 5.41) is 3.77. The van der Waals surface area contributed by atoms with Crippen molar-refractivity contribution in [2.45, 2.75) is 44.4 Å². The van der Waals surface area contributed by atoms with Gasteiger partial charge in [-0.05, 0) is 122 Å². The predicted octanol–water partition coefficient (Wildman–Crippen LogP) is 9.21. The fourth-order valence-electron chi connectivity index (χ4n) is 7.26. The van der Waals surface area contributed by atoms with Crippen LogP contribution in [0.1, 0.15) is 56.1 Å². The van der Waals surface area contributed by atoms with Gasteiger partial charge in [-0.1, -0.05) is 59.1 Å². The molecule has 7 aromatic rings. The molecule has 0 aliphatic rings. The fraction of sp³-hybridized carbons (Fsp3) is 0.209. The number of rotatable bonds is 15. The average molecular weight is 910 g/mol. The monoisotopic (exact) mass is 908 g/mol. The van der Waals surface area contributed by atoms with Crippen molar-refractivity contribution >= 4 is 99.2 Å². The van der Waals surface area contributed by atoms with E-state index in [1.165, 1.54) is 12.1 Å². The van der Waals surface area contributed by atoms with Gasteiger partial charge in [-0.25, -0.2) is 26.3 Å². The second-order valence-corrected chi connectivity index (χ2v) is 19.0. The third kappa shape index (κ3) is 9.38. The van der Waals surface area contributed by atoms with Crippen molar-refractivity contribution in [3.05, 3.63) is 134 Å². The van der Waals surface area contributed by atoms with Crippen molar-refractivity contribution in [3.63, 3.8) is 0 Å². The van der Waals surface area contributed by atoms with E-state index < -0.39 is 31.9 Å². The van der Waals surface area contributed by atoms with E-state index in [1.807, 2.05) is 30.7 Å². The largest absolute Gasteiger partial charge is 0.494 e. The van der Waals surface area contributed by atoms with Crippen LogP contribution in [-0.2, 0) is 32.9 Å². The molecule has 17 heteroatoms. The topological polar surface area (TPSA) is 177 Å². The lowest BCUT2D eigenvalue weighted by Gasteiger charge is -2.14. The maximum atomic E-state index is 14.0. The van der Waals surface area contributed by atoms with E-state index in [-0.39, 0.29) is 22.9 Å². The number of benzene rings is 5. The first-order valence-corrected chi connectivity index (χ1v) is 23.2. The van der Waals surface area contributed by atoms with E-state index in [4.69, 9.17) is 44.3 Å². The van der Waals surface area contributed by atoms with Gasteiger partial charge >= 0.3 is 0 Å². The number of aryl methyl sites for hydroxylation is 4. The Morgan fingerprint density at radius 1 is 0.633 bits per heavy atom. The number of carbonyl (C=O) groups is 2. The van der Waals surface area contributed by atoms with Crippen LogP contribution >= 0.6 is 34.8 Å². The first-order chi connectivity index (χ1) is 28.5. The molecule has 0 unspecified atom stereocenters. The number of H-pyrrole nitrogens is 2. The molecule has 0 aliphatic heterocycles. The van der Waals surface area contributed by atoms with Crippen LogP contribution in [0.25, 0.3) is 32.6 Å². The van der Waals surface area contributed by atoms with E-state index >= 15 is 0 Å². The molecular weight excluding hydrogens is 871 g/mol. The Balaban J connectivity index is 1.07. The summed E-state index contributed by atoms with van der Waals surface area (Å²) in [6, 6.07) is 23.6. The number of nitrogens with one attached hydrogen (secondary N) is 4. The second-order valence-electron chi connectivity index (χ2n) is 14.4. The maximum absolute atomic E-state index is 14.0. The van der Waals surface area contributed by atoms with Crippen molar-refractivity contribution in [2.75, 3.05) is 19.5 Å². The number of fused-ring (bicyclic) bond motifs is 3. The van der Waals surface area contributed by atoms with Gasteiger partial charge in [0, 0.05) is 47.6 Å². The lowest BCUT2D eigenvalue weighted by atomic mass is 10.1. The summed E-state index contributed by atoms with van der Waals surface area (Å²) in [7, 11) is -8.25. The molecule has 7 rings (SSSR count). The van der Waals surface area contributed by atoms with Crippen molar-refractivity contribution in [2.24, 2.45) is 0 Å². The molecule has 60 heavy (non-hydrogen) atoms. The minimum Gasteiger partial charge on any atom is -0.494 e. The van der Waals surface area contributed by atoms with Crippen LogP contribution in [0, 0.1) is 13.8 Å². The van der Waals surface area contributed by atoms with Gasteiger partial charge in [-0.2, -0.15) is 0 Å². The van der Waals surface area contributed by atoms with E-state index in [2.05, 4.69) is 14.7 Å². The fourth-order valence-corrected chi connectivity index (χ4v) is 9.32. The lowest BCUT2D eigenvalue weighted by Crippen LogP contribution is -2.31. The molecule has 0 fully saturated rings. The van der Waals surface area contributed by atoms with Crippen molar-refractivity contribution in [1.29, 1.82) is 0 Å². The van der Waals surface area contributed by atoms with Crippen LogP contribution in [0.5, 0.6) is 11.5 Å². The molecule has 2 aromatic heterocycles. The zero-order valence-electron chi connectivity index (χ0n) is 32.5. The van der Waals surface area contributed by atoms with Gasteiger partial charge in [-0.3, -0.25) is 9.59 Å². The van der Waals surface area contributed by atoms with Crippen LogP contribution < -0.4 is 18.9 Å². The standard InChI is InChI=1S/C43H39Cl3N4O8S2/c1-24-20-28(21-25(2)39(24)46)57-18-6-10-32-34-23-27(45)13-15-36(34)48-41(32)43(52)50-60(55,56)38-17-16-37(29-8-4-5-9-30(29)38)58-19-7-11-31-33-22-26(44)12-14-35(33)47-40(31)42(51)49-59(3,53)54/h4-5,8-9,12-17,20-23,47-48H,6-7,10-11,18-19H2,1-3H3,(H,49,51)(H,50,52). The zero-order chi connectivity index (χ0) is 42.9.